The summed E-state index contributed by atoms with van der Waals surface area (Å²) < 4.78 is 0. The minimum absolute atomic E-state index is 0.540. The van der Waals surface area contributed by atoms with Crippen LogP contribution in [-0.2, 0) is 6.42 Å². The van der Waals surface area contributed by atoms with E-state index in [9.17, 15) is 0 Å². The van der Waals surface area contributed by atoms with Gasteiger partial charge in [-0.3, -0.25) is 4.98 Å². The largest absolute Gasteiger partial charge is 0.340 e. The molecule has 25 heavy (non-hydrogen) atoms. The monoisotopic (exact) mass is 373 g/mol. The molecule has 2 aromatic heterocycles. The number of hydrogen-bond acceptors (Lipinski definition) is 2. The van der Waals surface area contributed by atoms with E-state index in [1.54, 1.807) is 6.07 Å². The van der Waals surface area contributed by atoms with Crippen LogP contribution in [0.25, 0.3) is 22.3 Å². The number of halogens is 2. The number of H-pyrrole nitrogens is 1. The number of nitrogens with zero attached hydrogens (tertiary/aromatic N) is 2. The summed E-state index contributed by atoms with van der Waals surface area (Å²) in [7, 11) is 0. The van der Waals surface area contributed by atoms with Crippen molar-refractivity contribution in [3.63, 3.8) is 0 Å². The maximum atomic E-state index is 6.44. The molecular formula is C20H21Cl2N3. The number of aromatic nitrogens is 3. The Labute approximate surface area is 157 Å². The minimum atomic E-state index is 0.540. The van der Waals surface area contributed by atoms with Crippen molar-refractivity contribution in [3.8, 4) is 11.3 Å². The maximum absolute atomic E-state index is 6.44. The van der Waals surface area contributed by atoms with Crippen LogP contribution in [0.15, 0.2) is 24.4 Å². The number of imidazole rings is 1. The smallest absolute Gasteiger partial charge is 0.107 e. The third kappa shape index (κ3) is 3.04. The predicted molar refractivity (Wildman–Crippen MR) is 104 cm³/mol. The van der Waals surface area contributed by atoms with Gasteiger partial charge in [0.1, 0.15) is 5.82 Å². The maximum Gasteiger partial charge on any atom is 0.107 e. The highest BCUT2D eigenvalue weighted by atomic mass is 35.5. The van der Waals surface area contributed by atoms with Crippen LogP contribution in [0.4, 0.5) is 0 Å². The van der Waals surface area contributed by atoms with Gasteiger partial charge in [-0.25, -0.2) is 4.98 Å². The number of aryl methyl sites for hydroxylation is 1. The van der Waals surface area contributed by atoms with Gasteiger partial charge in [0.15, 0.2) is 0 Å². The Kier molecular flexibility index (Phi) is 4.47. The molecule has 0 aliphatic heterocycles. The quantitative estimate of drug-likeness (QED) is 0.562. The summed E-state index contributed by atoms with van der Waals surface area (Å²) in [5.41, 5.74) is 5.03. The van der Waals surface area contributed by atoms with Gasteiger partial charge in [-0.2, -0.15) is 0 Å². The number of benzene rings is 1. The predicted octanol–water partition coefficient (Wildman–Crippen LogP) is 6.40. The fourth-order valence-electron chi connectivity index (χ4n) is 3.69. The zero-order valence-electron chi connectivity index (χ0n) is 14.4. The summed E-state index contributed by atoms with van der Waals surface area (Å²) in [5, 5.41) is 1.23. The van der Waals surface area contributed by atoms with Crippen molar-refractivity contribution in [1.82, 2.24) is 15.0 Å². The Balaban J connectivity index is 1.93. The van der Waals surface area contributed by atoms with E-state index in [0.717, 1.165) is 46.9 Å². The Morgan fingerprint density at radius 3 is 2.68 bits per heavy atom. The average Bonchev–Trinajstić information content (AvgIpc) is 3.33. The molecule has 2 heterocycles. The first-order valence-electron chi connectivity index (χ1n) is 8.95. The molecule has 0 bridgehead atoms. The van der Waals surface area contributed by atoms with E-state index in [0.29, 0.717) is 16.0 Å². The van der Waals surface area contributed by atoms with Gasteiger partial charge in [-0.05, 0) is 49.3 Å². The lowest BCUT2D eigenvalue weighted by Gasteiger charge is -2.16. The summed E-state index contributed by atoms with van der Waals surface area (Å²) >= 11 is 12.5. The number of fused-ring (bicyclic) bond motifs is 1. The summed E-state index contributed by atoms with van der Waals surface area (Å²) in [5.74, 6) is 2.31. The van der Waals surface area contributed by atoms with Crippen LogP contribution in [0.3, 0.4) is 0 Å². The van der Waals surface area contributed by atoms with Gasteiger partial charge in [-0.1, -0.05) is 37.0 Å². The zero-order chi connectivity index (χ0) is 17.6. The highest BCUT2D eigenvalue weighted by Gasteiger charge is 2.33. The van der Waals surface area contributed by atoms with Crippen LogP contribution in [-0.4, -0.2) is 15.0 Å². The van der Waals surface area contributed by atoms with Gasteiger partial charge in [0, 0.05) is 28.8 Å². The van der Waals surface area contributed by atoms with E-state index in [4.69, 9.17) is 33.2 Å². The van der Waals surface area contributed by atoms with Crippen LogP contribution >= 0.6 is 23.2 Å². The second kappa shape index (κ2) is 6.62. The van der Waals surface area contributed by atoms with Gasteiger partial charge < -0.3 is 4.98 Å². The standard InChI is InChI=1S/C20H21Cl2N3/c1-3-13(11-5-6-11)15-10-23-18(14-8-7-12(21)9-16(14)22)20-19(15)24-17(4-2)25-20/h7-11,13H,3-6H2,1-2H3,(H,24,25). The third-order valence-electron chi connectivity index (χ3n) is 5.15. The van der Waals surface area contributed by atoms with Crippen molar-refractivity contribution in [1.29, 1.82) is 0 Å². The zero-order valence-corrected chi connectivity index (χ0v) is 16.0. The van der Waals surface area contributed by atoms with Crippen molar-refractivity contribution in [3.05, 3.63) is 45.8 Å². The summed E-state index contributed by atoms with van der Waals surface area (Å²) in [6.07, 6.45) is 6.62. The van der Waals surface area contributed by atoms with Crippen molar-refractivity contribution >= 4 is 34.2 Å². The molecule has 3 nitrogen and oxygen atoms in total. The Morgan fingerprint density at radius 2 is 2.04 bits per heavy atom. The molecule has 0 amide bonds. The van der Waals surface area contributed by atoms with Crippen molar-refractivity contribution in [2.24, 2.45) is 5.92 Å². The summed E-state index contributed by atoms with van der Waals surface area (Å²) in [6, 6.07) is 5.53. The lowest BCUT2D eigenvalue weighted by atomic mass is 9.91. The highest BCUT2D eigenvalue weighted by molar-refractivity contribution is 6.36. The lowest BCUT2D eigenvalue weighted by Crippen LogP contribution is -2.02. The molecule has 3 aromatic rings. The molecule has 5 heteroatoms. The van der Waals surface area contributed by atoms with Crippen LogP contribution in [0.2, 0.25) is 10.0 Å². The third-order valence-corrected chi connectivity index (χ3v) is 5.70. The first kappa shape index (κ1) is 16.9. The molecule has 1 aliphatic carbocycles. The number of pyridine rings is 1. The molecule has 1 N–H and O–H groups in total. The second-order valence-electron chi connectivity index (χ2n) is 6.80. The summed E-state index contributed by atoms with van der Waals surface area (Å²) in [6.45, 7) is 4.37. The highest BCUT2D eigenvalue weighted by Crippen LogP contribution is 2.46. The van der Waals surface area contributed by atoms with Gasteiger partial charge in [0.2, 0.25) is 0 Å². The van der Waals surface area contributed by atoms with Crippen LogP contribution in [0.1, 0.15) is 50.4 Å². The Hall–Kier alpha value is -1.58. The second-order valence-corrected chi connectivity index (χ2v) is 7.64. The number of rotatable bonds is 5. The van der Waals surface area contributed by atoms with Crippen LogP contribution in [0, 0.1) is 5.92 Å². The molecule has 0 radical (unpaired) electrons. The van der Waals surface area contributed by atoms with E-state index < -0.39 is 0 Å². The fraction of sp³-hybridized carbons (Fsp3) is 0.400. The molecule has 1 aliphatic rings. The molecule has 0 spiro atoms. The molecule has 0 saturated heterocycles. The first-order chi connectivity index (χ1) is 12.1. The number of aromatic amines is 1. The number of nitrogens with one attached hydrogen (secondary N) is 1. The molecule has 4 rings (SSSR count). The van der Waals surface area contributed by atoms with Crippen molar-refractivity contribution in [2.45, 2.75) is 45.4 Å². The number of hydrogen-bond donors (Lipinski definition) is 1. The first-order valence-corrected chi connectivity index (χ1v) is 9.70. The van der Waals surface area contributed by atoms with E-state index >= 15 is 0 Å². The normalized spacial score (nSPS) is 15.7. The fourth-order valence-corrected chi connectivity index (χ4v) is 4.19. The van der Waals surface area contributed by atoms with Gasteiger partial charge in [-0.15, -0.1) is 0 Å². The molecule has 1 atom stereocenters. The topological polar surface area (TPSA) is 41.6 Å². The van der Waals surface area contributed by atoms with E-state index in [1.165, 1.54) is 18.4 Å². The Morgan fingerprint density at radius 1 is 1.24 bits per heavy atom. The summed E-state index contributed by atoms with van der Waals surface area (Å²) in [4.78, 5) is 13.1. The Bertz CT molecular complexity index is 928. The SMILES string of the molecule is CCc1nc2c(C(CC)C3CC3)cnc(-c3ccc(Cl)cc3Cl)c2[nH]1. The van der Waals surface area contributed by atoms with E-state index in [1.807, 2.05) is 18.3 Å². The average molecular weight is 374 g/mol. The molecule has 1 aromatic carbocycles. The molecule has 1 unspecified atom stereocenters. The lowest BCUT2D eigenvalue weighted by molar-refractivity contribution is 0.588. The van der Waals surface area contributed by atoms with Crippen molar-refractivity contribution in [2.75, 3.05) is 0 Å². The molecule has 1 fully saturated rings. The minimum Gasteiger partial charge on any atom is -0.340 e. The molecule has 130 valence electrons. The van der Waals surface area contributed by atoms with Crippen molar-refractivity contribution < 1.29 is 0 Å². The van der Waals surface area contributed by atoms with E-state index in [2.05, 4.69) is 18.8 Å². The van der Waals surface area contributed by atoms with Gasteiger partial charge >= 0.3 is 0 Å². The molecular weight excluding hydrogens is 353 g/mol. The van der Waals surface area contributed by atoms with Crippen LogP contribution < -0.4 is 0 Å². The van der Waals surface area contributed by atoms with E-state index in [-0.39, 0.29) is 0 Å². The van der Waals surface area contributed by atoms with Gasteiger partial charge in [0.25, 0.3) is 0 Å². The molecule has 1 saturated carbocycles. The van der Waals surface area contributed by atoms with Crippen LogP contribution in [0.5, 0.6) is 0 Å². The van der Waals surface area contributed by atoms with Gasteiger partial charge in [0.05, 0.1) is 21.7 Å².